The van der Waals surface area contributed by atoms with Gasteiger partial charge in [-0.05, 0) is 0 Å². The Kier molecular flexibility index (Phi) is 2.65. The van der Waals surface area contributed by atoms with Crippen LogP contribution in [-0.2, 0) is 14.3 Å². The van der Waals surface area contributed by atoms with Gasteiger partial charge in [-0.2, -0.15) is 13.2 Å². The first-order valence-electron chi connectivity index (χ1n) is 3.54. The summed E-state index contributed by atoms with van der Waals surface area (Å²) in [5, 5.41) is 9.83. The number of ether oxygens (including phenoxy) is 1. The molecule has 0 bridgehead atoms. The Bertz CT molecular complexity index is 264. The molecule has 2 atom stereocenters. The molecular formula is C6H6F3NO4. The van der Waals surface area contributed by atoms with Crippen molar-refractivity contribution in [3.05, 3.63) is 0 Å². The average Bonchev–Trinajstić information content (AvgIpc) is 1.94. The summed E-state index contributed by atoms with van der Waals surface area (Å²) in [6, 6.07) is 0. The van der Waals surface area contributed by atoms with E-state index in [1.807, 2.05) is 0 Å². The van der Waals surface area contributed by atoms with Crippen molar-refractivity contribution >= 4 is 11.9 Å². The number of aliphatic carboxylic acids is 1. The van der Waals surface area contributed by atoms with Gasteiger partial charge in [-0.25, -0.2) is 0 Å². The van der Waals surface area contributed by atoms with Crippen LogP contribution < -0.4 is 5.32 Å². The molecule has 1 fully saturated rings. The molecule has 0 spiro atoms. The Hall–Kier alpha value is -1.31. The number of halogens is 3. The van der Waals surface area contributed by atoms with Crippen molar-refractivity contribution in [1.29, 1.82) is 0 Å². The van der Waals surface area contributed by atoms with Gasteiger partial charge >= 0.3 is 18.1 Å². The molecule has 5 nitrogen and oxygen atoms in total. The molecule has 0 radical (unpaired) electrons. The Morgan fingerprint density at radius 3 is 2.29 bits per heavy atom. The Balaban J connectivity index is 2.47. The summed E-state index contributed by atoms with van der Waals surface area (Å²) in [7, 11) is 0. The highest BCUT2D eigenvalue weighted by Crippen LogP contribution is 2.21. The van der Waals surface area contributed by atoms with Gasteiger partial charge in [0, 0.05) is 0 Å². The molecule has 80 valence electrons. The minimum atomic E-state index is -5.03. The second-order valence-corrected chi connectivity index (χ2v) is 2.67. The van der Waals surface area contributed by atoms with Gasteiger partial charge in [-0.3, -0.25) is 9.59 Å². The van der Waals surface area contributed by atoms with Crippen LogP contribution in [-0.4, -0.2) is 36.0 Å². The first kappa shape index (κ1) is 10.8. The number of nitrogens with one attached hydrogen (secondary N) is 1. The van der Waals surface area contributed by atoms with Crippen molar-refractivity contribution in [2.75, 3.05) is 6.61 Å². The van der Waals surface area contributed by atoms with E-state index in [4.69, 9.17) is 5.11 Å². The molecule has 8 heteroatoms. The molecule has 1 saturated heterocycles. The van der Waals surface area contributed by atoms with Gasteiger partial charge < -0.3 is 15.2 Å². The molecule has 0 aliphatic carbocycles. The third-order valence-corrected chi connectivity index (χ3v) is 1.67. The molecule has 0 saturated carbocycles. The van der Waals surface area contributed by atoms with E-state index in [0.29, 0.717) is 0 Å². The minimum Gasteiger partial charge on any atom is -0.481 e. The van der Waals surface area contributed by atoms with E-state index in [9.17, 15) is 22.8 Å². The number of carboxylic acids is 1. The van der Waals surface area contributed by atoms with E-state index in [2.05, 4.69) is 4.74 Å². The lowest BCUT2D eigenvalue weighted by molar-refractivity contribution is -0.196. The lowest BCUT2D eigenvalue weighted by atomic mass is 10.1. The summed E-state index contributed by atoms with van der Waals surface area (Å²) in [4.78, 5) is 20.6. The second-order valence-electron chi connectivity index (χ2n) is 2.67. The number of carbonyl (C=O) groups is 2. The van der Waals surface area contributed by atoms with Crippen LogP contribution in [0.2, 0.25) is 0 Å². The fraction of sp³-hybridized carbons (Fsp3) is 0.667. The van der Waals surface area contributed by atoms with E-state index >= 15 is 0 Å². The monoisotopic (exact) mass is 213 g/mol. The molecule has 0 aromatic rings. The van der Waals surface area contributed by atoms with Crippen LogP contribution in [0, 0.1) is 5.92 Å². The van der Waals surface area contributed by atoms with Crippen molar-refractivity contribution in [2.24, 2.45) is 5.92 Å². The predicted molar refractivity (Wildman–Crippen MR) is 35.1 cm³/mol. The first-order valence-corrected chi connectivity index (χ1v) is 3.54. The molecule has 2 unspecified atom stereocenters. The number of carbonyl (C=O) groups excluding carboxylic acids is 1. The number of alkyl halides is 3. The van der Waals surface area contributed by atoms with Crippen molar-refractivity contribution < 1.29 is 32.6 Å². The molecule has 14 heavy (non-hydrogen) atoms. The van der Waals surface area contributed by atoms with Crippen molar-refractivity contribution in [3.8, 4) is 0 Å². The van der Waals surface area contributed by atoms with Crippen LogP contribution in [0.25, 0.3) is 0 Å². The normalized spacial score (nSPS) is 26.5. The summed E-state index contributed by atoms with van der Waals surface area (Å²) in [6.45, 7) is -0.196. The lowest BCUT2D eigenvalue weighted by Crippen LogP contribution is -2.57. The van der Waals surface area contributed by atoms with E-state index in [0.717, 1.165) is 0 Å². The maximum atomic E-state index is 11.7. The van der Waals surface area contributed by atoms with Crippen molar-refractivity contribution in [1.82, 2.24) is 5.32 Å². The van der Waals surface area contributed by atoms with Crippen LogP contribution in [0.15, 0.2) is 0 Å². The Morgan fingerprint density at radius 2 is 2.00 bits per heavy atom. The van der Waals surface area contributed by atoms with Crippen LogP contribution in [0.3, 0.4) is 0 Å². The second kappa shape index (κ2) is 3.45. The highest BCUT2D eigenvalue weighted by Gasteiger charge is 2.45. The van der Waals surface area contributed by atoms with E-state index in [1.165, 1.54) is 5.32 Å². The van der Waals surface area contributed by atoms with Gasteiger partial charge in [0.2, 0.25) is 0 Å². The lowest BCUT2D eigenvalue weighted by Gasteiger charge is -2.34. The molecule has 0 aromatic heterocycles. The highest BCUT2D eigenvalue weighted by molar-refractivity contribution is 5.83. The third-order valence-electron chi connectivity index (χ3n) is 1.67. The molecular weight excluding hydrogens is 207 g/mol. The maximum Gasteiger partial charge on any atom is 0.471 e. The van der Waals surface area contributed by atoms with E-state index in [-0.39, 0.29) is 6.61 Å². The number of carboxylic acid groups (broad SMARTS) is 1. The summed E-state index contributed by atoms with van der Waals surface area (Å²) < 4.78 is 39.5. The molecule has 1 heterocycles. The zero-order chi connectivity index (χ0) is 10.9. The predicted octanol–water partition coefficient (Wildman–Crippen LogP) is -0.278. The number of amides is 1. The molecule has 2 N–H and O–H groups in total. The van der Waals surface area contributed by atoms with E-state index in [1.54, 1.807) is 0 Å². The van der Waals surface area contributed by atoms with Crippen LogP contribution in [0.5, 0.6) is 0 Å². The van der Waals surface area contributed by atoms with Gasteiger partial charge in [0.05, 0.1) is 6.61 Å². The smallest absolute Gasteiger partial charge is 0.471 e. The summed E-state index contributed by atoms with van der Waals surface area (Å²) in [6.07, 6.45) is -6.41. The van der Waals surface area contributed by atoms with Gasteiger partial charge in [-0.15, -0.1) is 0 Å². The van der Waals surface area contributed by atoms with Crippen LogP contribution in [0.1, 0.15) is 0 Å². The summed E-state index contributed by atoms with van der Waals surface area (Å²) in [5.41, 5.74) is 0. The largest absolute Gasteiger partial charge is 0.481 e. The summed E-state index contributed by atoms with van der Waals surface area (Å²) >= 11 is 0. The average molecular weight is 213 g/mol. The number of rotatable bonds is 2. The van der Waals surface area contributed by atoms with Crippen molar-refractivity contribution in [2.45, 2.75) is 12.4 Å². The Morgan fingerprint density at radius 1 is 1.43 bits per heavy atom. The molecule has 1 aliphatic rings. The fourth-order valence-electron chi connectivity index (χ4n) is 0.843. The third kappa shape index (κ3) is 2.13. The number of hydrogen-bond donors (Lipinski definition) is 2. The standard InChI is InChI=1S/C6H6F3NO4/c7-6(8,9)5(13)10-3-2(1-14-3)4(11)12/h2-3H,1H2,(H,10,13)(H,11,12). The zero-order valence-electron chi connectivity index (χ0n) is 6.67. The zero-order valence-corrected chi connectivity index (χ0v) is 6.67. The Labute approximate surface area is 75.8 Å². The fourth-order valence-corrected chi connectivity index (χ4v) is 0.843. The highest BCUT2D eigenvalue weighted by atomic mass is 19.4. The topological polar surface area (TPSA) is 75.6 Å². The molecule has 1 amide bonds. The molecule has 1 aliphatic heterocycles. The molecule has 0 aromatic carbocycles. The minimum absolute atomic E-state index is 0.196. The van der Waals surface area contributed by atoms with Gasteiger partial charge in [0.25, 0.3) is 0 Å². The molecule has 1 rings (SSSR count). The van der Waals surface area contributed by atoms with E-state index < -0.39 is 30.2 Å². The first-order chi connectivity index (χ1) is 6.32. The number of hydrogen-bond acceptors (Lipinski definition) is 3. The maximum absolute atomic E-state index is 11.7. The van der Waals surface area contributed by atoms with Crippen LogP contribution >= 0.6 is 0 Å². The van der Waals surface area contributed by atoms with Gasteiger partial charge in [0.1, 0.15) is 12.1 Å². The van der Waals surface area contributed by atoms with Gasteiger partial charge in [0.15, 0.2) is 0 Å². The SMILES string of the molecule is O=C(O)C1COC1NC(=O)C(F)(F)F. The van der Waals surface area contributed by atoms with Crippen molar-refractivity contribution in [3.63, 3.8) is 0 Å². The summed E-state index contributed by atoms with van der Waals surface area (Å²) in [5.74, 6) is -4.61. The van der Waals surface area contributed by atoms with Gasteiger partial charge in [-0.1, -0.05) is 0 Å². The van der Waals surface area contributed by atoms with Crippen LogP contribution in [0.4, 0.5) is 13.2 Å². The quantitative estimate of drug-likeness (QED) is 0.661.